The molecule has 0 fully saturated rings. The molecule has 3 rings (SSSR count). The first-order valence-corrected chi connectivity index (χ1v) is 8.97. The van der Waals surface area contributed by atoms with Gasteiger partial charge >= 0.3 is 11.9 Å². The Morgan fingerprint density at radius 3 is 2.43 bits per heavy atom. The largest absolute Gasteiger partial charge is 0.506 e. The summed E-state index contributed by atoms with van der Waals surface area (Å²) in [5, 5.41) is 18.8. The van der Waals surface area contributed by atoms with Crippen LogP contribution in [0.25, 0.3) is 16.7 Å². The Labute approximate surface area is 161 Å². The third-order valence-corrected chi connectivity index (χ3v) is 3.92. The standard InChI is InChI=1S/C20H21N3O5/c1-13(2)20(26)27-11-5-8-19(25)28-14-9-10-18(24)17(12-14)23-21-15-6-3-4-7-16(15)22-23/h3-4,6-7,9-10,12-13,24H,5,8,11H2,1-2H3. The molecular formula is C20H21N3O5. The fourth-order valence-electron chi connectivity index (χ4n) is 2.43. The van der Waals surface area contributed by atoms with Crippen molar-refractivity contribution in [3.05, 3.63) is 42.5 Å². The minimum Gasteiger partial charge on any atom is -0.506 e. The van der Waals surface area contributed by atoms with Crippen molar-refractivity contribution < 1.29 is 24.2 Å². The molecule has 0 amide bonds. The Morgan fingerprint density at radius 2 is 1.79 bits per heavy atom. The zero-order valence-corrected chi connectivity index (χ0v) is 15.7. The van der Waals surface area contributed by atoms with Crippen LogP contribution in [-0.4, -0.2) is 38.6 Å². The van der Waals surface area contributed by atoms with Gasteiger partial charge in [-0.25, -0.2) is 0 Å². The van der Waals surface area contributed by atoms with E-state index in [2.05, 4.69) is 10.2 Å². The second-order valence-electron chi connectivity index (χ2n) is 6.53. The van der Waals surface area contributed by atoms with Crippen molar-refractivity contribution in [2.75, 3.05) is 6.61 Å². The van der Waals surface area contributed by atoms with Gasteiger partial charge in [-0.3, -0.25) is 9.59 Å². The van der Waals surface area contributed by atoms with E-state index >= 15 is 0 Å². The maximum Gasteiger partial charge on any atom is 0.311 e. The summed E-state index contributed by atoms with van der Waals surface area (Å²) in [5.74, 6) is -0.736. The van der Waals surface area contributed by atoms with Crippen LogP contribution in [0.3, 0.4) is 0 Å². The molecule has 1 heterocycles. The van der Waals surface area contributed by atoms with Crippen molar-refractivity contribution in [2.45, 2.75) is 26.7 Å². The number of hydrogen-bond donors (Lipinski definition) is 1. The van der Waals surface area contributed by atoms with Gasteiger partial charge in [-0.1, -0.05) is 26.0 Å². The predicted molar refractivity (Wildman–Crippen MR) is 101 cm³/mol. The number of carbonyl (C=O) groups excluding carboxylic acids is 2. The van der Waals surface area contributed by atoms with Crippen LogP contribution in [-0.2, 0) is 14.3 Å². The van der Waals surface area contributed by atoms with Crippen LogP contribution in [0.4, 0.5) is 0 Å². The van der Waals surface area contributed by atoms with Gasteiger partial charge in [0.1, 0.15) is 28.2 Å². The van der Waals surface area contributed by atoms with E-state index in [0.29, 0.717) is 23.1 Å². The highest BCUT2D eigenvalue weighted by Gasteiger charge is 2.13. The van der Waals surface area contributed by atoms with Crippen molar-refractivity contribution >= 4 is 23.0 Å². The third-order valence-electron chi connectivity index (χ3n) is 3.92. The minimum atomic E-state index is -0.462. The highest BCUT2D eigenvalue weighted by Crippen LogP contribution is 2.26. The number of esters is 2. The van der Waals surface area contributed by atoms with Crippen LogP contribution in [0.1, 0.15) is 26.7 Å². The number of aromatic nitrogens is 3. The molecule has 0 bridgehead atoms. The number of carbonyl (C=O) groups is 2. The number of rotatable bonds is 7. The highest BCUT2D eigenvalue weighted by atomic mass is 16.5. The van der Waals surface area contributed by atoms with Gasteiger partial charge in [0, 0.05) is 12.5 Å². The average Bonchev–Trinajstić information content (AvgIpc) is 3.10. The first-order valence-electron chi connectivity index (χ1n) is 8.97. The van der Waals surface area contributed by atoms with E-state index in [1.807, 2.05) is 24.3 Å². The van der Waals surface area contributed by atoms with Crippen LogP contribution in [0.2, 0.25) is 0 Å². The third kappa shape index (κ3) is 4.64. The van der Waals surface area contributed by atoms with E-state index in [1.54, 1.807) is 13.8 Å². The molecule has 8 heteroatoms. The summed E-state index contributed by atoms with van der Waals surface area (Å²) < 4.78 is 10.3. The minimum absolute atomic E-state index is 0.0410. The lowest BCUT2D eigenvalue weighted by atomic mass is 10.2. The molecule has 8 nitrogen and oxygen atoms in total. The number of benzene rings is 2. The molecule has 2 aromatic carbocycles. The Morgan fingerprint density at radius 1 is 1.11 bits per heavy atom. The van der Waals surface area contributed by atoms with E-state index in [4.69, 9.17) is 9.47 Å². The van der Waals surface area contributed by atoms with Gasteiger partial charge in [-0.2, -0.15) is 0 Å². The molecule has 0 spiro atoms. The number of phenols is 1. The lowest BCUT2D eigenvalue weighted by Gasteiger charge is -2.09. The van der Waals surface area contributed by atoms with Crippen molar-refractivity contribution in [1.82, 2.24) is 15.0 Å². The zero-order valence-electron chi connectivity index (χ0n) is 15.7. The van der Waals surface area contributed by atoms with E-state index < -0.39 is 5.97 Å². The van der Waals surface area contributed by atoms with Crippen molar-refractivity contribution in [1.29, 1.82) is 0 Å². The van der Waals surface area contributed by atoms with Gasteiger partial charge < -0.3 is 14.6 Å². The van der Waals surface area contributed by atoms with Crippen molar-refractivity contribution in [2.24, 2.45) is 5.92 Å². The van der Waals surface area contributed by atoms with Crippen molar-refractivity contribution in [3.8, 4) is 17.2 Å². The van der Waals surface area contributed by atoms with Gasteiger partial charge in [0.15, 0.2) is 0 Å². The first-order chi connectivity index (χ1) is 13.4. The molecule has 0 unspecified atom stereocenters. The molecular weight excluding hydrogens is 362 g/mol. The Hall–Kier alpha value is -3.42. The van der Waals surface area contributed by atoms with Gasteiger partial charge in [0.05, 0.1) is 12.5 Å². The van der Waals surface area contributed by atoms with E-state index in [-0.39, 0.29) is 36.4 Å². The highest BCUT2D eigenvalue weighted by molar-refractivity contribution is 5.75. The molecule has 0 saturated carbocycles. The van der Waals surface area contributed by atoms with Crippen LogP contribution >= 0.6 is 0 Å². The molecule has 1 aromatic heterocycles. The zero-order chi connectivity index (χ0) is 20.1. The molecule has 0 radical (unpaired) electrons. The molecule has 0 saturated heterocycles. The smallest absolute Gasteiger partial charge is 0.311 e. The summed E-state index contributed by atoms with van der Waals surface area (Å²) in [6.07, 6.45) is 0.472. The number of nitrogens with zero attached hydrogens (tertiary/aromatic N) is 3. The second-order valence-corrected chi connectivity index (χ2v) is 6.53. The summed E-state index contributed by atoms with van der Waals surface area (Å²) in [6, 6.07) is 11.7. The van der Waals surface area contributed by atoms with Gasteiger partial charge in [-0.05, 0) is 30.7 Å². The van der Waals surface area contributed by atoms with E-state index in [9.17, 15) is 14.7 Å². The summed E-state index contributed by atoms with van der Waals surface area (Å²) in [4.78, 5) is 24.7. The summed E-state index contributed by atoms with van der Waals surface area (Å²) in [5.41, 5.74) is 1.66. The van der Waals surface area contributed by atoms with Crippen LogP contribution in [0.15, 0.2) is 42.5 Å². The van der Waals surface area contributed by atoms with Crippen LogP contribution in [0.5, 0.6) is 11.5 Å². The fourth-order valence-corrected chi connectivity index (χ4v) is 2.43. The molecule has 0 aliphatic rings. The molecule has 146 valence electrons. The molecule has 0 atom stereocenters. The first kappa shape index (κ1) is 19.3. The van der Waals surface area contributed by atoms with Crippen LogP contribution in [0, 0.1) is 5.92 Å². The topological polar surface area (TPSA) is 104 Å². The normalized spacial score (nSPS) is 11.0. The monoisotopic (exact) mass is 383 g/mol. The predicted octanol–water partition coefficient (Wildman–Crippen LogP) is 3.01. The average molecular weight is 383 g/mol. The molecule has 28 heavy (non-hydrogen) atoms. The van der Waals surface area contributed by atoms with E-state index in [0.717, 1.165) is 0 Å². The number of ether oxygens (including phenoxy) is 2. The number of fused-ring (bicyclic) bond motifs is 1. The summed E-state index contributed by atoms with van der Waals surface area (Å²) in [7, 11) is 0. The van der Waals surface area contributed by atoms with Gasteiger partial charge in [0.25, 0.3) is 0 Å². The number of aromatic hydroxyl groups is 1. The van der Waals surface area contributed by atoms with Crippen molar-refractivity contribution in [3.63, 3.8) is 0 Å². The molecule has 3 aromatic rings. The SMILES string of the molecule is CC(C)C(=O)OCCCC(=O)Oc1ccc(O)c(-n2nc3ccccc3n2)c1. The Bertz CT molecular complexity index is 963. The second kappa shape index (κ2) is 8.51. The quantitative estimate of drug-likeness (QED) is 0.380. The summed E-state index contributed by atoms with van der Waals surface area (Å²) >= 11 is 0. The maximum absolute atomic E-state index is 12.0. The van der Waals surface area contributed by atoms with Gasteiger partial charge in [0.2, 0.25) is 0 Å². The Balaban J connectivity index is 1.63. The van der Waals surface area contributed by atoms with E-state index in [1.165, 1.54) is 23.0 Å². The van der Waals surface area contributed by atoms with Gasteiger partial charge in [-0.15, -0.1) is 15.0 Å². The molecule has 0 aliphatic carbocycles. The lowest BCUT2D eigenvalue weighted by Crippen LogP contribution is -2.14. The number of hydrogen-bond acceptors (Lipinski definition) is 7. The maximum atomic E-state index is 12.0. The Kier molecular flexibility index (Phi) is 5.88. The molecule has 1 N–H and O–H groups in total. The number of phenolic OH excluding ortho intramolecular Hbond substituents is 1. The fraction of sp³-hybridized carbons (Fsp3) is 0.300. The molecule has 0 aliphatic heterocycles. The lowest BCUT2D eigenvalue weighted by molar-refractivity contribution is -0.148. The van der Waals surface area contributed by atoms with Crippen LogP contribution < -0.4 is 4.74 Å². The summed E-state index contributed by atoms with van der Waals surface area (Å²) in [6.45, 7) is 3.66.